The molecule has 0 aliphatic carbocycles. The van der Waals surface area contributed by atoms with Crippen LogP contribution in [0.15, 0.2) is 22.7 Å². The number of rotatable bonds is 3. The topological polar surface area (TPSA) is 20.2 Å². The van der Waals surface area contributed by atoms with Gasteiger partial charge >= 0.3 is 6.18 Å². The molecule has 0 saturated carbocycles. The van der Waals surface area contributed by atoms with Crippen LogP contribution in [-0.2, 0) is 0 Å². The Bertz CT molecular complexity index is 344. The molecule has 16 heavy (non-hydrogen) atoms. The van der Waals surface area contributed by atoms with Crippen molar-refractivity contribution in [2.24, 2.45) is 0 Å². The third kappa shape index (κ3) is 3.75. The van der Waals surface area contributed by atoms with Crippen molar-refractivity contribution in [3.8, 4) is 0 Å². The van der Waals surface area contributed by atoms with Gasteiger partial charge in [-0.05, 0) is 18.6 Å². The molecule has 0 fully saturated rings. The minimum Gasteiger partial charge on any atom is -0.388 e. The zero-order chi connectivity index (χ0) is 12.3. The van der Waals surface area contributed by atoms with Crippen molar-refractivity contribution in [1.29, 1.82) is 0 Å². The lowest BCUT2D eigenvalue weighted by molar-refractivity contribution is -0.140. The molecule has 1 unspecified atom stereocenters. The summed E-state index contributed by atoms with van der Waals surface area (Å²) in [6, 6.07) is 3.96. The van der Waals surface area contributed by atoms with Crippen LogP contribution in [-0.4, -0.2) is 11.3 Å². The highest BCUT2D eigenvalue weighted by Crippen LogP contribution is 2.32. The summed E-state index contributed by atoms with van der Waals surface area (Å²) < 4.78 is 49.3. The average molecular weight is 301 g/mol. The quantitative estimate of drug-likeness (QED) is 0.838. The van der Waals surface area contributed by atoms with Crippen molar-refractivity contribution in [3.63, 3.8) is 0 Å². The first-order chi connectivity index (χ1) is 7.31. The van der Waals surface area contributed by atoms with Crippen LogP contribution < -0.4 is 0 Å². The molecule has 90 valence electrons. The van der Waals surface area contributed by atoms with Crippen molar-refractivity contribution >= 4 is 15.9 Å². The zero-order valence-electron chi connectivity index (χ0n) is 8.06. The maximum absolute atomic E-state index is 13.2. The summed E-state index contributed by atoms with van der Waals surface area (Å²) in [5, 5.41) is 9.48. The van der Waals surface area contributed by atoms with Gasteiger partial charge in [0.2, 0.25) is 0 Å². The highest BCUT2D eigenvalue weighted by Gasteiger charge is 2.29. The Kier molecular flexibility index (Phi) is 4.32. The van der Waals surface area contributed by atoms with E-state index in [4.69, 9.17) is 0 Å². The minimum absolute atomic E-state index is 0.133. The van der Waals surface area contributed by atoms with Gasteiger partial charge in [0.15, 0.2) is 0 Å². The van der Waals surface area contributed by atoms with Crippen molar-refractivity contribution in [2.45, 2.75) is 25.1 Å². The molecule has 0 heterocycles. The second-order valence-electron chi connectivity index (χ2n) is 3.30. The van der Waals surface area contributed by atoms with Crippen LogP contribution in [0.2, 0.25) is 0 Å². The first-order valence-electron chi connectivity index (χ1n) is 4.50. The van der Waals surface area contributed by atoms with Gasteiger partial charge < -0.3 is 5.11 Å². The summed E-state index contributed by atoms with van der Waals surface area (Å²) in [7, 11) is 0. The number of aliphatic hydroxyl groups excluding tert-OH is 1. The molecule has 1 aromatic rings. The van der Waals surface area contributed by atoms with Gasteiger partial charge in [-0.15, -0.1) is 0 Å². The number of halogens is 5. The predicted molar refractivity (Wildman–Crippen MR) is 54.3 cm³/mol. The predicted octanol–water partition coefficient (Wildman–Crippen LogP) is 3.96. The van der Waals surface area contributed by atoms with Gasteiger partial charge in [-0.25, -0.2) is 4.39 Å². The van der Waals surface area contributed by atoms with Crippen LogP contribution in [0.5, 0.6) is 0 Å². The molecule has 0 radical (unpaired) electrons. The molecule has 1 N–H and O–H groups in total. The fraction of sp³-hybridized carbons (Fsp3) is 0.400. The first-order valence-corrected chi connectivity index (χ1v) is 5.29. The number of hydrogen-bond donors (Lipinski definition) is 1. The SMILES string of the molecule is OC(CCC(F)(F)F)c1c(F)cccc1Br. The molecule has 0 aromatic heterocycles. The van der Waals surface area contributed by atoms with Gasteiger partial charge in [0.1, 0.15) is 5.82 Å². The third-order valence-electron chi connectivity index (χ3n) is 2.03. The Balaban J connectivity index is 2.77. The summed E-state index contributed by atoms with van der Waals surface area (Å²) in [6.45, 7) is 0. The monoisotopic (exact) mass is 300 g/mol. The molecule has 6 heteroatoms. The molecule has 1 rings (SSSR count). The fourth-order valence-corrected chi connectivity index (χ4v) is 1.88. The lowest BCUT2D eigenvalue weighted by Gasteiger charge is -2.14. The van der Waals surface area contributed by atoms with E-state index in [1.54, 1.807) is 0 Å². The van der Waals surface area contributed by atoms with Gasteiger partial charge in [-0.1, -0.05) is 22.0 Å². The lowest BCUT2D eigenvalue weighted by atomic mass is 10.0. The van der Waals surface area contributed by atoms with Crippen LogP contribution in [0, 0.1) is 5.82 Å². The molecular weight excluding hydrogens is 292 g/mol. The highest BCUT2D eigenvalue weighted by atomic mass is 79.9. The zero-order valence-corrected chi connectivity index (χ0v) is 9.65. The summed E-state index contributed by atoms with van der Waals surface area (Å²) in [4.78, 5) is 0. The lowest BCUT2D eigenvalue weighted by Crippen LogP contribution is -2.11. The van der Waals surface area contributed by atoms with E-state index in [9.17, 15) is 22.7 Å². The van der Waals surface area contributed by atoms with Gasteiger partial charge in [-0.3, -0.25) is 0 Å². The van der Waals surface area contributed by atoms with Crippen LogP contribution in [0.3, 0.4) is 0 Å². The van der Waals surface area contributed by atoms with Crippen LogP contribution in [0.4, 0.5) is 17.6 Å². The second kappa shape index (κ2) is 5.14. The van der Waals surface area contributed by atoms with Gasteiger partial charge in [0.05, 0.1) is 6.10 Å². The van der Waals surface area contributed by atoms with Crippen LogP contribution in [0.25, 0.3) is 0 Å². The normalized spacial score (nSPS) is 13.9. The van der Waals surface area contributed by atoms with E-state index in [1.165, 1.54) is 12.1 Å². The Morgan fingerprint density at radius 1 is 1.31 bits per heavy atom. The Morgan fingerprint density at radius 3 is 2.44 bits per heavy atom. The number of benzene rings is 1. The summed E-state index contributed by atoms with van der Waals surface area (Å²) in [5.41, 5.74) is -0.133. The molecule has 1 atom stereocenters. The van der Waals surface area contributed by atoms with Gasteiger partial charge in [0, 0.05) is 16.5 Å². The number of aliphatic hydroxyl groups is 1. The van der Waals surface area contributed by atoms with Crippen LogP contribution in [0.1, 0.15) is 24.5 Å². The second-order valence-corrected chi connectivity index (χ2v) is 4.16. The molecular formula is C10H9BrF4O. The van der Waals surface area contributed by atoms with E-state index in [1.807, 2.05) is 0 Å². The summed E-state index contributed by atoms with van der Waals surface area (Å²) in [6.07, 6.45) is -7.51. The van der Waals surface area contributed by atoms with Crippen LogP contribution >= 0.6 is 15.9 Å². The minimum atomic E-state index is -4.35. The largest absolute Gasteiger partial charge is 0.389 e. The summed E-state index contributed by atoms with van der Waals surface area (Å²) >= 11 is 2.99. The maximum atomic E-state index is 13.2. The maximum Gasteiger partial charge on any atom is 0.389 e. The third-order valence-corrected chi connectivity index (χ3v) is 2.73. The van der Waals surface area contributed by atoms with Crippen molar-refractivity contribution < 1.29 is 22.7 Å². The first kappa shape index (κ1) is 13.4. The van der Waals surface area contributed by atoms with Gasteiger partial charge in [0.25, 0.3) is 0 Å². The average Bonchev–Trinajstić information content (AvgIpc) is 2.13. The van der Waals surface area contributed by atoms with E-state index >= 15 is 0 Å². The standard InChI is InChI=1S/C10H9BrF4O/c11-6-2-1-3-7(12)9(6)8(16)4-5-10(13,14)15/h1-3,8,16H,4-5H2. The van der Waals surface area contributed by atoms with Crippen molar-refractivity contribution in [2.75, 3.05) is 0 Å². The van der Waals surface area contributed by atoms with E-state index < -0.39 is 30.9 Å². The van der Waals surface area contributed by atoms with E-state index in [0.717, 1.165) is 6.07 Å². The smallest absolute Gasteiger partial charge is 0.388 e. The fourth-order valence-electron chi connectivity index (χ4n) is 1.27. The van der Waals surface area contributed by atoms with Gasteiger partial charge in [-0.2, -0.15) is 13.2 Å². The Labute approximate surface area is 98.2 Å². The van der Waals surface area contributed by atoms with Crippen molar-refractivity contribution in [3.05, 3.63) is 34.1 Å². The Hall–Kier alpha value is -0.620. The summed E-state index contributed by atoms with van der Waals surface area (Å²) in [5.74, 6) is -0.718. The highest BCUT2D eigenvalue weighted by molar-refractivity contribution is 9.10. The van der Waals surface area contributed by atoms with E-state index in [0.29, 0.717) is 0 Å². The van der Waals surface area contributed by atoms with E-state index in [-0.39, 0.29) is 10.0 Å². The Morgan fingerprint density at radius 2 is 1.94 bits per heavy atom. The van der Waals surface area contributed by atoms with E-state index in [2.05, 4.69) is 15.9 Å². The molecule has 0 saturated heterocycles. The molecule has 1 nitrogen and oxygen atoms in total. The molecule has 0 aliphatic rings. The molecule has 1 aromatic carbocycles. The molecule has 0 spiro atoms. The number of alkyl halides is 3. The van der Waals surface area contributed by atoms with Crippen molar-refractivity contribution in [1.82, 2.24) is 0 Å². The molecule has 0 aliphatic heterocycles. The number of hydrogen-bond acceptors (Lipinski definition) is 1. The molecule has 0 amide bonds. The molecule has 0 bridgehead atoms.